The van der Waals surface area contributed by atoms with Gasteiger partial charge in [0.15, 0.2) is 5.17 Å². The van der Waals surface area contributed by atoms with Gasteiger partial charge in [-0.15, -0.1) is 0 Å². The Morgan fingerprint density at radius 2 is 2.30 bits per heavy atom. The number of pyridine rings is 1. The number of thioether (sulfide) groups is 1. The first-order valence-corrected chi connectivity index (χ1v) is 7.67. The van der Waals surface area contributed by atoms with Crippen LogP contribution in [-0.2, 0) is 4.79 Å². The van der Waals surface area contributed by atoms with Gasteiger partial charge in [0.05, 0.1) is 17.0 Å². The highest BCUT2D eigenvalue weighted by Gasteiger charge is 2.19. The second kappa shape index (κ2) is 6.10. The van der Waals surface area contributed by atoms with E-state index in [0.29, 0.717) is 22.8 Å². The van der Waals surface area contributed by atoms with Crippen LogP contribution in [0.15, 0.2) is 34.3 Å². The maximum Gasteiger partial charge on any atom is 0.286 e. The Morgan fingerprint density at radius 3 is 2.96 bits per heavy atom. The fourth-order valence-electron chi connectivity index (χ4n) is 2.23. The van der Waals surface area contributed by atoms with E-state index >= 15 is 0 Å². The molecule has 6 nitrogen and oxygen atoms in total. The molecule has 0 bridgehead atoms. The molecule has 2 N–H and O–H groups in total. The third kappa shape index (κ3) is 2.89. The molecule has 0 radical (unpaired) electrons. The first-order chi connectivity index (χ1) is 11.1. The van der Waals surface area contributed by atoms with E-state index < -0.39 is 0 Å². The Bertz CT molecular complexity index is 912. The van der Waals surface area contributed by atoms with Crippen LogP contribution in [0.2, 0.25) is 0 Å². The third-order valence-corrected chi connectivity index (χ3v) is 4.00. The molecule has 2 heterocycles. The van der Waals surface area contributed by atoms with Gasteiger partial charge in [-0.3, -0.25) is 9.78 Å². The molecule has 2 aromatic rings. The minimum Gasteiger partial charge on any atom is -0.492 e. The van der Waals surface area contributed by atoms with Crippen LogP contribution in [0.4, 0.5) is 0 Å². The summed E-state index contributed by atoms with van der Waals surface area (Å²) in [6.07, 6.45) is 3.21. The Labute approximate surface area is 136 Å². The maximum atomic E-state index is 11.7. The van der Waals surface area contributed by atoms with E-state index in [4.69, 9.17) is 10.5 Å². The van der Waals surface area contributed by atoms with Crippen molar-refractivity contribution in [2.75, 3.05) is 6.61 Å². The van der Waals surface area contributed by atoms with Crippen LogP contribution in [0.3, 0.4) is 0 Å². The molecule has 0 saturated heterocycles. The van der Waals surface area contributed by atoms with Gasteiger partial charge in [0, 0.05) is 11.6 Å². The van der Waals surface area contributed by atoms with Crippen molar-refractivity contribution in [3.05, 3.63) is 40.4 Å². The van der Waals surface area contributed by atoms with Gasteiger partial charge < -0.3 is 10.5 Å². The molecule has 0 aliphatic carbocycles. The molecular weight excluding hydrogens is 312 g/mol. The lowest BCUT2D eigenvalue weighted by atomic mass is 10.1. The van der Waals surface area contributed by atoms with Gasteiger partial charge in [-0.1, -0.05) is 6.07 Å². The average molecular weight is 324 g/mol. The lowest BCUT2D eigenvalue weighted by Crippen LogP contribution is -2.01. The zero-order valence-electron chi connectivity index (χ0n) is 12.2. The van der Waals surface area contributed by atoms with Gasteiger partial charge >= 0.3 is 0 Å². The van der Waals surface area contributed by atoms with Crippen LogP contribution in [0.1, 0.15) is 18.1 Å². The van der Waals surface area contributed by atoms with Gasteiger partial charge in [-0.25, -0.2) is 0 Å². The molecule has 0 unspecified atom stereocenters. The number of nitrogens with two attached hydrogens (primary N) is 1. The Balaban J connectivity index is 2.11. The summed E-state index contributed by atoms with van der Waals surface area (Å²) in [5.41, 5.74) is 7.43. The molecule has 1 aromatic heterocycles. The topological polar surface area (TPSA) is 101 Å². The lowest BCUT2D eigenvalue weighted by Gasteiger charge is -2.09. The van der Waals surface area contributed by atoms with Crippen LogP contribution < -0.4 is 10.5 Å². The highest BCUT2D eigenvalue weighted by molar-refractivity contribution is 8.18. The van der Waals surface area contributed by atoms with E-state index in [0.717, 1.165) is 28.2 Å². The number of nitriles is 1. The zero-order chi connectivity index (χ0) is 16.4. The predicted octanol–water partition coefficient (Wildman–Crippen LogP) is 2.43. The molecule has 1 aliphatic rings. The molecule has 7 heteroatoms. The van der Waals surface area contributed by atoms with Gasteiger partial charge in [0.1, 0.15) is 17.4 Å². The number of hydrogen-bond donors (Lipinski definition) is 1. The summed E-state index contributed by atoms with van der Waals surface area (Å²) in [5, 5.41) is 10.2. The number of hydrogen-bond acceptors (Lipinski definition) is 6. The van der Waals surface area contributed by atoms with Gasteiger partial charge in [0.25, 0.3) is 5.91 Å². The van der Waals surface area contributed by atoms with E-state index in [9.17, 15) is 10.1 Å². The van der Waals surface area contributed by atoms with E-state index in [1.54, 1.807) is 6.08 Å². The molecule has 1 aromatic carbocycles. The fourth-order valence-corrected chi connectivity index (χ4v) is 2.91. The van der Waals surface area contributed by atoms with Gasteiger partial charge in [-0.2, -0.15) is 10.3 Å². The molecule has 114 valence electrons. The lowest BCUT2D eigenvalue weighted by molar-refractivity contribution is -0.113. The average Bonchev–Trinajstić information content (AvgIpc) is 2.85. The molecule has 1 amide bonds. The number of amidine groups is 1. The van der Waals surface area contributed by atoms with Crippen molar-refractivity contribution in [2.45, 2.75) is 6.92 Å². The molecule has 0 spiro atoms. The molecular formula is C16H12N4O2S. The number of nitrogens with zero attached hydrogens (tertiary/aromatic N) is 3. The number of benzene rings is 1. The SMILES string of the molecule is CCOc1c(C#N)cnc2ccc(/C=C3\SC(N)=NC3=O)cc12. The smallest absolute Gasteiger partial charge is 0.286 e. The van der Waals surface area contributed by atoms with Crippen molar-refractivity contribution in [1.29, 1.82) is 5.26 Å². The number of rotatable bonds is 3. The molecule has 0 saturated carbocycles. The zero-order valence-corrected chi connectivity index (χ0v) is 13.1. The van der Waals surface area contributed by atoms with Crippen molar-refractivity contribution in [2.24, 2.45) is 10.7 Å². The highest BCUT2D eigenvalue weighted by atomic mass is 32.2. The van der Waals surface area contributed by atoms with Crippen molar-refractivity contribution >= 4 is 39.8 Å². The minimum atomic E-state index is -0.346. The molecule has 3 rings (SSSR count). The van der Waals surface area contributed by atoms with Crippen molar-refractivity contribution in [1.82, 2.24) is 4.98 Å². The number of aliphatic imine (C=N–C) groups is 1. The summed E-state index contributed by atoms with van der Waals surface area (Å²) in [5.74, 6) is 0.156. The van der Waals surface area contributed by atoms with Gasteiger partial charge in [0.2, 0.25) is 0 Å². The summed E-state index contributed by atoms with van der Waals surface area (Å²) in [6.45, 7) is 2.30. The van der Waals surface area contributed by atoms with E-state index in [2.05, 4.69) is 16.0 Å². The minimum absolute atomic E-state index is 0.241. The quantitative estimate of drug-likeness (QED) is 0.870. The fraction of sp³-hybridized carbons (Fsp3) is 0.125. The largest absolute Gasteiger partial charge is 0.492 e. The summed E-state index contributed by atoms with van der Waals surface area (Å²) in [6, 6.07) is 7.58. The van der Waals surface area contributed by atoms with Crippen molar-refractivity contribution in [3.63, 3.8) is 0 Å². The summed E-state index contributed by atoms with van der Waals surface area (Å²) < 4.78 is 5.61. The number of amides is 1. The number of aromatic nitrogens is 1. The van der Waals surface area contributed by atoms with Crippen molar-refractivity contribution in [3.8, 4) is 11.8 Å². The van der Waals surface area contributed by atoms with E-state index in [-0.39, 0.29) is 11.1 Å². The summed E-state index contributed by atoms with van der Waals surface area (Å²) >= 11 is 1.14. The predicted molar refractivity (Wildman–Crippen MR) is 89.8 cm³/mol. The van der Waals surface area contributed by atoms with Crippen LogP contribution in [0.25, 0.3) is 17.0 Å². The normalized spacial score (nSPS) is 15.7. The van der Waals surface area contributed by atoms with Crippen LogP contribution in [0, 0.1) is 11.3 Å². The Kier molecular flexibility index (Phi) is 4.00. The Hall–Kier alpha value is -2.85. The standard InChI is InChI=1S/C16H12N4O2S/c1-2-22-14-10(7-17)8-19-12-4-3-9(5-11(12)14)6-13-15(21)20-16(18)23-13/h3-6,8H,2H2,1H3,(H2,18,20,21)/b13-6-. The number of ether oxygens (including phenoxy) is 1. The first kappa shape index (κ1) is 15.1. The van der Waals surface area contributed by atoms with Crippen LogP contribution in [-0.4, -0.2) is 22.7 Å². The highest BCUT2D eigenvalue weighted by Crippen LogP contribution is 2.31. The molecule has 0 fully saturated rings. The van der Waals surface area contributed by atoms with Crippen LogP contribution in [0.5, 0.6) is 5.75 Å². The van der Waals surface area contributed by atoms with Gasteiger partial charge in [-0.05, 0) is 42.5 Å². The molecule has 23 heavy (non-hydrogen) atoms. The molecule has 1 aliphatic heterocycles. The van der Waals surface area contributed by atoms with E-state index in [1.165, 1.54) is 6.20 Å². The first-order valence-electron chi connectivity index (χ1n) is 6.86. The number of carbonyl (C=O) groups is 1. The maximum absolute atomic E-state index is 11.7. The van der Waals surface area contributed by atoms with E-state index in [1.807, 2.05) is 25.1 Å². The Morgan fingerprint density at radius 1 is 1.48 bits per heavy atom. The number of carbonyl (C=O) groups excluding carboxylic acids is 1. The summed E-state index contributed by atoms with van der Waals surface area (Å²) in [4.78, 5) is 20.1. The van der Waals surface area contributed by atoms with Crippen molar-refractivity contribution < 1.29 is 9.53 Å². The number of fused-ring (bicyclic) bond motifs is 1. The third-order valence-electron chi connectivity index (χ3n) is 3.19. The summed E-state index contributed by atoms with van der Waals surface area (Å²) in [7, 11) is 0. The molecule has 0 atom stereocenters. The second-order valence-corrected chi connectivity index (χ2v) is 5.75. The van der Waals surface area contributed by atoms with Crippen LogP contribution >= 0.6 is 11.8 Å². The second-order valence-electron chi connectivity index (χ2n) is 4.69. The monoisotopic (exact) mass is 324 g/mol.